The summed E-state index contributed by atoms with van der Waals surface area (Å²) < 4.78 is 11.4. The molecule has 140 valence electrons. The average Bonchev–Trinajstić information content (AvgIpc) is 2.70. The van der Waals surface area contributed by atoms with Gasteiger partial charge in [0.2, 0.25) is 0 Å². The van der Waals surface area contributed by atoms with Gasteiger partial charge in [0.25, 0.3) is 0 Å². The van der Waals surface area contributed by atoms with Crippen LogP contribution in [0.3, 0.4) is 0 Å². The topological polar surface area (TPSA) is 41.9 Å². The van der Waals surface area contributed by atoms with Crippen molar-refractivity contribution in [2.24, 2.45) is 0 Å². The smallest absolute Gasteiger partial charge is 0.119 e. The first-order chi connectivity index (χ1) is 13.1. The molecule has 1 aliphatic rings. The van der Waals surface area contributed by atoms with Gasteiger partial charge in [0.15, 0.2) is 0 Å². The maximum atomic E-state index is 9.72. The van der Waals surface area contributed by atoms with Crippen LogP contribution < -0.4 is 4.74 Å². The van der Waals surface area contributed by atoms with Crippen molar-refractivity contribution in [3.05, 3.63) is 71.3 Å². The maximum Gasteiger partial charge on any atom is 0.119 e. The Morgan fingerprint density at radius 2 is 1.89 bits per heavy atom. The quantitative estimate of drug-likeness (QED) is 0.744. The van der Waals surface area contributed by atoms with E-state index in [4.69, 9.17) is 9.47 Å². The molecule has 27 heavy (non-hydrogen) atoms. The van der Waals surface area contributed by atoms with Crippen LogP contribution in [0.5, 0.6) is 11.5 Å². The summed E-state index contributed by atoms with van der Waals surface area (Å²) in [5, 5.41) is 12.1. The third-order valence-corrected chi connectivity index (χ3v) is 5.26. The number of phenols is 1. The van der Waals surface area contributed by atoms with Crippen LogP contribution in [0.15, 0.2) is 54.6 Å². The Balaban J connectivity index is 1.50. The molecular weight excluding hydrogens is 338 g/mol. The molecule has 0 unspecified atom stereocenters. The number of aromatic hydroxyl groups is 1. The van der Waals surface area contributed by atoms with Gasteiger partial charge >= 0.3 is 0 Å². The Morgan fingerprint density at radius 1 is 1.07 bits per heavy atom. The molecule has 4 nitrogen and oxygen atoms in total. The number of ether oxygens (including phenoxy) is 2. The molecular formula is C23H25NO3. The molecule has 1 saturated heterocycles. The number of benzene rings is 3. The van der Waals surface area contributed by atoms with E-state index in [1.807, 2.05) is 19.1 Å². The number of nitrogens with zero attached hydrogens (tertiary/aromatic N) is 1. The van der Waals surface area contributed by atoms with Crippen molar-refractivity contribution >= 4 is 10.8 Å². The van der Waals surface area contributed by atoms with Crippen molar-refractivity contribution < 1.29 is 14.6 Å². The van der Waals surface area contributed by atoms with Gasteiger partial charge in [-0.25, -0.2) is 0 Å². The molecule has 0 spiro atoms. The van der Waals surface area contributed by atoms with Gasteiger partial charge in [0, 0.05) is 19.6 Å². The molecule has 1 fully saturated rings. The van der Waals surface area contributed by atoms with Crippen LogP contribution in [0.2, 0.25) is 0 Å². The molecule has 1 N–H and O–H groups in total. The second-order valence-corrected chi connectivity index (χ2v) is 7.19. The van der Waals surface area contributed by atoms with Gasteiger partial charge in [-0.1, -0.05) is 30.3 Å². The van der Waals surface area contributed by atoms with Crippen molar-refractivity contribution in [3.8, 4) is 11.5 Å². The van der Waals surface area contributed by atoms with Crippen molar-refractivity contribution in [2.45, 2.75) is 19.6 Å². The number of morpholine rings is 1. The summed E-state index contributed by atoms with van der Waals surface area (Å²) >= 11 is 0. The highest BCUT2D eigenvalue weighted by Crippen LogP contribution is 2.28. The molecule has 0 aliphatic carbocycles. The van der Waals surface area contributed by atoms with Crippen molar-refractivity contribution in [1.82, 2.24) is 4.90 Å². The van der Waals surface area contributed by atoms with Crippen LogP contribution >= 0.6 is 0 Å². The van der Waals surface area contributed by atoms with Crippen molar-refractivity contribution in [3.63, 3.8) is 0 Å². The summed E-state index contributed by atoms with van der Waals surface area (Å²) in [4.78, 5) is 2.41. The van der Waals surface area contributed by atoms with Gasteiger partial charge in [-0.05, 0) is 58.7 Å². The molecule has 1 atom stereocenters. The van der Waals surface area contributed by atoms with Crippen LogP contribution in [0, 0.1) is 6.92 Å². The zero-order chi connectivity index (χ0) is 18.8. The highest BCUT2D eigenvalue weighted by atomic mass is 16.5. The van der Waals surface area contributed by atoms with Gasteiger partial charge < -0.3 is 14.6 Å². The largest absolute Gasteiger partial charge is 0.508 e. The van der Waals surface area contributed by atoms with E-state index < -0.39 is 0 Å². The van der Waals surface area contributed by atoms with Crippen molar-refractivity contribution in [1.29, 1.82) is 0 Å². The molecule has 1 aliphatic heterocycles. The number of phenolic OH excluding ortho intramolecular Hbond substituents is 1. The second-order valence-electron chi connectivity index (χ2n) is 7.19. The minimum atomic E-state index is 0.0727. The minimum absolute atomic E-state index is 0.0727. The molecule has 0 amide bonds. The molecule has 0 bridgehead atoms. The lowest BCUT2D eigenvalue weighted by Crippen LogP contribution is -2.37. The van der Waals surface area contributed by atoms with E-state index in [2.05, 4.69) is 41.3 Å². The summed E-state index contributed by atoms with van der Waals surface area (Å²) in [6.45, 7) is 5.31. The first-order valence-corrected chi connectivity index (χ1v) is 9.32. The average molecular weight is 363 g/mol. The van der Waals surface area contributed by atoms with E-state index in [1.165, 1.54) is 21.9 Å². The first-order valence-electron chi connectivity index (χ1n) is 9.32. The van der Waals surface area contributed by atoms with Crippen LogP contribution in [0.4, 0.5) is 0 Å². The van der Waals surface area contributed by atoms with Gasteiger partial charge in [-0.15, -0.1) is 0 Å². The summed E-state index contributed by atoms with van der Waals surface area (Å²) in [6.07, 6.45) is 0.0727. The Bertz CT molecular complexity index is 954. The van der Waals surface area contributed by atoms with E-state index in [-0.39, 0.29) is 6.10 Å². The van der Waals surface area contributed by atoms with E-state index >= 15 is 0 Å². The third kappa shape index (κ3) is 3.92. The highest BCUT2D eigenvalue weighted by Gasteiger charge is 2.22. The molecule has 0 aromatic heterocycles. The molecule has 3 aromatic carbocycles. The van der Waals surface area contributed by atoms with Gasteiger partial charge in [-0.2, -0.15) is 0 Å². The predicted molar refractivity (Wildman–Crippen MR) is 107 cm³/mol. The Kier molecular flexibility index (Phi) is 5.01. The Labute approximate surface area is 160 Å². The fourth-order valence-electron chi connectivity index (χ4n) is 3.69. The van der Waals surface area contributed by atoms with Crippen LogP contribution in [-0.4, -0.2) is 36.8 Å². The molecule has 1 heterocycles. The maximum absolute atomic E-state index is 9.72. The zero-order valence-corrected chi connectivity index (χ0v) is 15.8. The zero-order valence-electron chi connectivity index (χ0n) is 15.8. The number of methoxy groups -OCH3 is 1. The van der Waals surface area contributed by atoms with E-state index in [0.717, 1.165) is 37.6 Å². The SMILES string of the molecule is COc1ccc2cc([C@@H]3CN(Cc4ccc(O)c(C)c4)CCO3)ccc2c1. The summed E-state index contributed by atoms with van der Waals surface area (Å²) in [6, 6.07) is 18.5. The standard InChI is InChI=1S/C23H25NO3/c1-16-11-17(3-8-22(16)25)14-24-9-10-27-23(15-24)20-5-4-19-13-21(26-2)7-6-18(19)12-20/h3-8,11-13,23,25H,9-10,14-15H2,1-2H3/t23-/m0/s1. The lowest BCUT2D eigenvalue weighted by Gasteiger charge is -2.33. The van der Waals surface area contributed by atoms with E-state index in [0.29, 0.717) is 5.75 Å². The second kappa shape index (κ2) is 7.59. The number of aryl methyl sites for hydroxylation is 1. The lowest BCUT2D eigenvalue weighted by molar-refractivity contribution is -0.0328. The fraction of sp³-hybridized carbons (Fsp3) is 0.304. The summed E-state index contributed by atoms with van der Waals surface area (Å²) in [5.74, 6) is 1.23. The van der Waals surface area contributed by atoms with Crippen LogP contribution in [0.25, 0.3) is 10.8 Å². The molecule has 4 rings (SSSR count). The summed E-state index contributed by atoms with van der Waals surface area (Å²) in [5.41, 5.74) is 3.35. The number of rotatable bonds is 4. The van der Waals surface area contributed by atoms with Crippen LogP contribution in [0.1, 0.15) is 22.8 Å². The summed E-state index contributed by atoms with van der Waals surface area (Å²) in [7, 11) is 1.69. The minimum Gasteiger partial charge on any atom is -0.508 e. The number of fused-ring (bicyclic) bond motifs is 1. The van der Waals surface area contributed by atoms with Crippen molar-refractivity contribution in [2.75, 3.05) is 26.8 Å². The normalized spacial score (nSPS) is 17.9. The van der Waals surface area contributed by atoms with Gasteiger partial charge in [-0.3, -0.25) is 4.90 Å². The van der Waals surface area contributed by atoms with Crippen LogP contribution in [-0.2, 0) is 11.3 Å². The monoisotopic (exact) mass is 363 g/mol. The molecule has 0 saturated carbocycles. The number of hydrogen-bond acceptors (Lipinski definition) is 4. The van der Waals surface area contributed by atoms with Gasteiger partial charge in [0.1, 0.15) is 11.5 Å². The molecule has 3 aromatic rings. The Hall–Kier alpha value is -2.56. The molecule has 0 radical (unpaired) electrons. The van der Waals surface area contributed by atoms with E-state index in [9.17, 15) is 5.11 Å². The lowest BCUT2D eigenvalue weighted by atomic mass is 10.0. The fourth-order valence-corrected chi connectivity index (χ4v) is 3.69. The predicted octanol–water partition coefficient (Wildman–Crippen LogP) is 4.44. The van der Waals surface area contributed by atoms with Gasteiger partial charge in [0.05, 0.1) is 19.8 Å². The molecule has 4 heteroatoms. The number of hydrogen-bond donors (Lipinski definition) is 1. The Morgan fingerprint density at radius 3 is 2.70 bits per heavy atom. The highest BCUT2D eigenvalue weighted by molar-refractivity contribution is 5.84. The first kappa shape index (κ1) is 17.8. The van der Waals surface area contributed by atoms with E-state index in [1.54, 1.807) is 13.2 Å². The third-order valence-electron chi connectivity index (χ3n) is 5.26.